The summed E-state index contributed by atoms with van der Waals surface area (Å²) in [4.78, 5) is 16.6. The maximum absolute atomic E-state index is 12.3. The van der Waals surface area contributed by atoms with Crippen molar-refractivity contribution in [1.82, 2.24) is 0 Å². The van der Waals surface area contributed by atoms with Gasteiger partial charge in [0.2, 0.25) is 5.90 Å². The molecule has 0 amide bonds. The van der Waals surface area contributed by atoms with E-state index >= 15 is 0 Å². The molecule has 1 aliphatic heterocycles. The van der Waals surface area contributed by atoms with Crippen molar-refractivity contribution in [2.24, 2.45) is 4.99 Å². The molecule has 0 N–H and O–H groups in total. The maximum atomic E-state index is 12.3. The van der Waals surface area contributed by atoms with E-state index in [-0.39, 0.29) is 11.6 Å². The van der Waals surface area contributed by atoms with Crippen LogP contribution in [0.15, 0.2) is 80.3 Å². The number of rotatable bonds is 5. The lowest BCUT2D eigenvalue weighted by molar-refractivity contribution is -0.129. The highest BCUT2D eigenvalue weighted by atomic mass is 79.9. The van der Waals surface area contributed by atoms with Gasteiger partial charge in [0.05, 0.1) is 19.5 Å². The van der Waals surface area contributed by atoms with Gasteiger partial charge in [-0.25, -0.2) is 9.79 Å². The molecule has 0 fully saturated rings. The van der Waals surface area contributed by atoms with Crippen molar-refractivity contribution in [3.63, 3.8) is 0 Å². The molecule has 156 valence electrons. The van der Waals surface area contributed by atoms with Crippen LogP contribution >= 0.6 is 55.1 Å². The van der Waals surface area contributed by atoms with Crippen LogP contribution in [-0.2, 0) is 16.1 Å². The molecule has 1 aliphatic rings. The second-order valence-corrected chi connectivity index (χ2v) is 9.10. The zero-order valence-corrected chi connectivity index (χ0v) is 20.4. The average molecular weight is 582 g/mol. The van der Waals surface area contributed by atoms with E-state index in [0.29, 0.717) is 28.0 Å². The number of carbonyl (C=O) groups is 1. The molecule has 0 aliphatic carbocycles. The minimum Gasteiger partial charge on any atom is -0.487 e. The molecule has 4 nitrogen and oxygen atoms in total. The number of nitrogens with zero attached hydrogens (tertiary/aromatic N) is 1. The van der Waals surface area contributed by atoms with Gasteiger partial charge in [0, 0.05) is 5.02 Å². The zero-order chi connectivity index (χ0) is 22.0. The van der Waals surface area contributed by atoms with Crippen LogP contribution in [0.4, 0.5) is 0 Å². The van der Waals surface area contributed by atoms with Crippen LogP contribution in [0, 0.1) is 0 Å². The number of benzene rings is 3. The van der Waals surface area contributed by atoms with Crippen molar-refractivity contribution in [2.75, 3.05) is 0 Å². The summed E-state index contributed by atoms with van der Waals surface area (Å²) in [5, 5.41) is 1.14. The van der Waals surface area contributed by atoms with Gasteiger partial charge in [0.1, 0.15) is 12.4 Å². The number of hydrogen-bond acceptors (Lipinski definition) is 4. The van der Waals surface area contributed by atoms with Gasteiger partial charge < -0.3 is 9.47 Å². The standard InChI is InChI=1S/C23H13Br2Cl2NO3/c24-17-9-14(10-18(25)21(17)30-12-13-5-7-15(26)8-6-13)11-20-23(29)31-22(28-20)16-3-1-2-4-19(16)27/h1-11H,12H2/b20-11-. The first kappa shape index (κ1) is 22.1. The van der Waals surface area contributed by atoms with Crippen LogP contribution in [0.5, 0.6) is 5.75 Å². The first-order chi connectivity index (χ1) is 14.9. The predicted octanol–water partition coefficient (Wildman–Crippen LogP) is 7.44. The van der Waals surface area contributed by atoms with Crippen molar-refractivity contribution in [2.45, 2.75) is 6.61 Å². The lowest BCUT2D eigenvalue weighted by Crippen LogP contribution is -2.05. The van der Waals surface area contributed by atoms with E-state index in [1.807, 2.05) is 36.4 Å². The number of halogens is 4. The molecular formula is C23H13Br2Cl2NO3. The topological polar surface area (TPSA) is 47.9 Å². The monoisotopic (exact) mass is 579 g/mol. The van der Waals surface area contributed by atoms with Gasteiger partial charge in [0.15, 0.2) is 5.70 Å². The summed E-state index contributed by atoms with van der Waals surface area (Å²) in [6.45, 7) is 0.382. The Bertz CT molecular complexity index is 1200. The number of cyclic esters (lactones) is 1. The zero-order valence-electron chi connectivity index (χ0n) is 15.7. The first-order valence-corrected chi connectivity index (χ1v) is 11.4. The molecule has 0 atom stereocenters. The fraction of sp³-hybridized carbons (Fsp3) is 0.0435. The molecule has 3 aromatic rings. The van der Waals surface area contributed by atoms with Gasteiger partial charge in [0.25, 0.3) is 0 Å². The fourth-order valence-electron chi connectivity index (χ4n) is 2.85. The molecule has 0 bridgehead atoms. The SMILES string of the molecule is O=C1OC(c2ccccc2Cl)=N/C1=C\c1cc(Br)c(OCc2ccc(Cl)cc2)c(Br)c1. The van der Waals surface area contributed by atoms with Gasteiger partial charge in [-0.1, -0.05) is 47.5 Å². The lowest BCUT2D eigenvalue weighted by atomic mass is 10.2. The highest BCUT2D eigenvalue weighted by Crippen LogP contribution is 2.36. The number of ether oxygens (including phenoxy) is 2. The molecular weight excluding hydrogens is 569 g/mol. The van der Waals surface area contributed by atoms with Crippen molar-refractivity contribution < 1.29 is 14.3 Å². The van der Waals surface area contributed by atoms with Crippen LogP contribution in [0.3, 0.4) is 0 Å². The largest absolute Gasteiger partial charge is 0.487 e. The second-order valence-electron chi connectivity index (χ2n) is 6.54. The molecule has 0 saturated carbocycles. The quantitative estimate of drug-likeness (QED) is 0.232. The molecule has 0 radical (unpaired) electrons. The number of aliphatic imine (C=N–C) groups is 1. The molecule has 3 aromatic carbocycles. The summed E-state index contributed by atoms with van der Waals surface area (Å²) in [5.41, 5.74) is 2.48. The Morgan fingerprint density at radius 3 is 2.35 bits per heavy atom. The fourth-order valence-corrected chi connectivity index (χ4v) is 4.65. The van der Waals surface area contributed by atoms with Crippen LogP contribution in [0.25, 0.3) is 6.08 Å². The minimum absolute atomic E-state index is 0.183. The summed E-state index contributed by atoms with van der Waals surface area (Å²) in [5.74, 6) is 0.291. The summed E-state index contributed by atoms with van der Waals surface area (Å²) in [7, 11) is 0. The van der Waals surface area contributed by atoms with E-state index in [1.54, 1.807) is 30.3 Å². The summed E-state index contributed by atoms with van der Waals surface area (Å²) in [6.07, 6.45) is 1.64. The van der Waals surface area contributed by atoms with Gasteiger partial charge in [-0.2, -0.15) is 0 Å². The smallest absolute Gasteiger partial charge is 0.363 e. The maximum Gasteiger partial charge on any atom is 0.363 e. The Kier molecular flexibility index (Phi) is 6.82. The van der Waals surface area contributed by atoms with Crippen molar-refractivity contribution in [3.05, 3.63) is 102 Å². The lowest BCUT2D eigenvalue weighted by Gasteiger charge is -2.11. The van der Waals surface area contributed by atoms with Crippen LogP contribution in [0.2, 0.25) is 10.0 Å². The average Bonchev–Trinajstić information content (AvgIpc) is 3.09. The molecule has 0 saturated heterocycles. The number of hydrogen-bond donors (Lipinski definition) is 0. The third kappa shape index (κ3) is 5.21. The normalized spacial score (nSPS) is 14.5. The van der Waals surface area contributed by atoms with Gasteiger partial charge in [-0.15, -0.1) is 0 Å². The van der Waals surface area contributed by atoms with Gasteiger partial charge in [-0.05, 0) is 85.5 Å². The van der Waals surface area contributed by atoms with E-state index < -0.39 is 5.97 Å². The van der Waals surface area contributed by atoms with E-state index in [4.69, 9.17) is 32.7 Å². The minimum atomic E-state index is -0.537. The third-order valence-electron chi connectivity index (χ3n) is 4.35. The first-order valence-electron chi connectivity index (χ1n) is 9.04. The Hall–Kier alpha value is -2.12. The molecule has 31 heavy (non-hydrogen) atoms. The van der Waals surface area contributed by atoms with Crippen molar-refractivity contribution >= 4 is 73.0 Å². The Morgan fingerprint density at radius 1 is 1.00 bits per heavy atom. The van der Waals surface area contributed by atoms with Crippen LogP contribution < -0.4 is 4.74 Å². The summed E-state index contributed by atoms with van der Waals surface area (Å²) in [6, 6.07) is 18.2. The second kappa shape index (κ2) is 9.57. The van der Waals surface area contributed by atoms with Crippen LogP contribution in [0.1, 0.15) is 16.7 Å². The van der Waals surface area contributed by atoms with Crippen LogP contribution in [-0.4, -0.2) is 11.9 Å². The van der Waals surface area contributed by atoms with Gasteiger partial charge in [-0.3, -0.25) is 0 Å². The summed E-state index contributed by atoms with van der Waals surface area (Å²) >= 11 is 19.2. The molecule has 0 aromatic heterocycles. The van der Waals surface area contributed by atoms with E-state index in [2.05, 4.69) is 36.9 Å². The van der Waals surface area contributed by atoms with Crippen molar-refractivity contribution in [3.8, 4) is 5.75 Å². The van der Waals surface area contributed by atoms with Crippen molar-refractivity contribution in [1.29, 1.82) is 0 Å². The predicted molar refractivity (Wildman–Crippen MR) is 130 cm³/mol. The molecule has 8 heteroatoms. The Morgan fingerprint density at radius 2 is 1.68 bits per heavy atom. The number of esters is 1. The highest BCUT2D eigenvalue weighted by molar-refractivity contribution is 9.11. The van der Waals surface area contributed by atoms with E-state index in [1.165, 1.54) is 0 Å². The number of carbonyl (C=O) groups excluding carboxylic acids is 1. The van der Waals surface area contributed by atoms with E-state index in [9.17, 15) is 4.79 Å². The van der Waals surface area contributed by atoms with E-state index in [0.717, 1.165) is 20.1 Å². The van der Waals surface area contributed by atoms with Gasteiger partial charge >= 0.3 is 5.97 Å². The summed E-state index contributed by atoms with van der Waals surface area (Å²) < 4.78 is 12.7. The molecule has 1 heterocycles. The molecule has 0 spiro atoms. The Labute approximate surface area is 205 Å². The highest BCUT2D eigenvalue weighted by Gasteiger charge is 2.25. The molecule has 0 unspecified atom stereocenters. The molecule has 4 rings (SSSR count). The third-order valence-corrected chi connectivity index (χ3v) is 6.10. The Balaban J connectivity index is 1.56.